The van der Waals surface area contributed by atoms with Crippen molar-refractivity contribution in [3.8, 4) is 5.75 Å². The summed E-state index contributed by atoms with van der Waals surface area (Å²) >= 11 is 0. The molecular weight excluding hydrogens is 583 g/mol. The summed E-state index contributed by atoms with van der Waals surface area (Å²) in [5.41, 5.74) is 5.69. The highest BCUT2D eigenvalue weighted by molar-refractivity contribution is 5.91. The van der Waals surface area contributed by atoms with E-state index in [1.54, 1.807) is 6.07 Å². The highest BCUT2D eigenvalue weighted by Gasteiger charge is 2.37. The lowest BCUT2D eigenvalue weighted by atomic mass is 9.84. The summed E-state index contributed by atoms with van der Waals surface area (Å²) in [6, 6.07) is 3.09. The molecule has 0 spiro atoms. The summed E-state index contributed by atoms with van der Waals surface area (Å²) in [7, 11) is 0. The number of alkyl carbamates (subject to hydrolysis) is 1. The van der Waals surface area contributed by atoms with Crippen molar-refractivity contribution in [2.45, 2.75) is 84.2 Å². The molecule has 0 unspecified atom stereocenters. The van der Waals surface area contributed by atoms with Gasteiger partial charge in [0.1, 0.15) is 23.7 Å². The van der Waals surface area contributed by atoms with E-state index in [4.69, 9.17) is 19.7 Å². The number of carbonyl (C=O) groups is 3. The van der Waals surface area contributed by atoms with Crippen LogP contribution in [0.5, 0.6) is 5.75 Å². The first-order valence-corrected chi connectivity index (χ1v) is 15.7. The molecule has 2 aliphatic rings. The Morgan fingerprint density at radius 2 is 1.91 bits per heavy atom. The van der Waals surface area contributed by atoms with Crippen LogP contribution in [0.3, 0.4) is 0 Å². The number of nitrogens with one attached hydrogen (secondary N) is 1. The number of hydrogen-bond donors (Lipinski definition) is 2. The first kappa shape index (κ1) is 33.7. The third-order valence-corrected chi connectivity index (χ3v) is 8.57. The van der Waals surface area contributed by atoms with Crippen molar-refractivity contribution in [2.24, 2.45) is 17.6 Å². The molecule has 4 rings (SSSR count). The molecule has 246 valence electrons. The van der Waals surface area contributed by atoms with Gasteiger partial charge in [0, 0.05) is 38.0 Å². The van der Waals surface area contributed by atoms with Crippen LogP contribution >= 0.6 is 0 Å². The van der Waals surface area contributed by atoms with Gasteiger partial charge in [0.25, 0.3) is 0 Å². The summed E-state index contributed by atoms with van der Waals surface area (Å²) in [6.07, 6.45) is 2.81. The molecule has 12 nitrogen and oxygen atoms in total. The summed E-state index contributed by atoms with van der Waals surface area (Å²) in [5.74, 6) is 0.653. The largest absolute Gasteiger partial charge is 0.493 e. The van der Waals surface area contributed by atoms with Crippen molar-refractivity contribution in [1.29, 1.82) is 0 Å². The van der Waals surface area contributed by atoms with E-state index < -0.39 is 35.8 Å². The Bertz CT molecular complexity index is 1360. The first-order chi connectivity index (χ1) is 21.4. The standard InChI is InChI=1S/C32H45FN6O6/c1-19(2)29-36-31(45-37-29)38-14-10-22(11-15-38)21(5)12-16-43-24-9-8-23(25(33)18-24)17-26(35-32(42)44-20(3)4)30(41)39-13-6-7-27(39)28(34)40/h8-9,18-19,21-22,26-27H,3,6-7,10-17H2,1-2,4-5H3,(H2,34,40)(H,35,42)/t21-,26+,27+/m1/s1. The van der Waals surface area contributed by atoms with E-state index in [9.17, 15) is 14.4 Å². The second-order valence-corrected chi connectivity index (χ2v) is 12.4. The van der Waals surface area contributed by atoms with E-state index in [1.165, 1.54) is 24.0 Å². The summed E-state index contributed by atoms with van der Waals surface area (Å²) in [5, 5.41) is 6.56. The molecule has 0 bridgehead atoms. The first-order valence-electron chi connectivity index (χ1n) is 15.7. The molecule has 3 atom stereocenters. The SMILES string of the molecule is C=C(C)OC(=O)N[C@@H](Cc1ccc(OCC[C@@H](C)C2CCN(c3nc(C(C)C)no3)CC2)cc1F)C(=O)N1CCC[C@H]1C(N)=O. The summed E-state index contributed by atoms with van der Waals surface area (Å²) < 4.78 is 31.5. The van der Waals surface area contributed by atoms with Crippen LogP contribution in [0.15, 0.2) is 35.1 Å². The minimum absolute atomic E-state index is 0.131. The van der Waals surface area contributed by atoms with Gasteiger partial charge in [0.05, 0.1) is 12.4 Å². The third kappa shape index (κ3) is 8.95. The topological polar surface area (TPSA) is 153 Å². The Morgan fingerprint density at radius 3 is 2.53 bits per heavy atom. The monoisotopic (exact) mass is 628 g/mol. The number of primary amides is 1. The van der Waals surface area contributed by atoms with Crippen molar-refractivity contribution < 1.29 is 32.8 Å². The molecule has 0 saturated carbocycles. The molecule has 2 aromatic rings. The molecule has 2 fully saturated rings. The minimum atomic E-state index is -1.18. The number of hydrogen-bond acceptors (Lipinski definition) is 9. The van der Waals surface area contributed by atoms with Gasteiger partial charge in [-0.1, -0.05) is 38.6 Å². The minimum Gasteiger partial charge on any atom is -0.493 e. The molecule has 1 aromatic heterocycles. The number of anilines is 1. The molecular formula is C32H45FN6O6. The van der Waals surface area contributed by atoms with Crippen LogP contribution in [0, 0.1) is 17.7 Å². The molecule has 0 radical (unpaired) electrons. The van der Waals surface area contributed by atoms with Gasteiger partial charge < -0.3 is 34.8 Å². The molecule has 45 heavy (non-hydrogen) atoms. The molecule has 13 heteroatoms. The lowest BCUT2D eigenvalue weighted by Crippen LogP contribution is -2.53. The normalized spacial score (nSPS) is 18.5. The number of halogens is 1. The van der Waals surface area contributed by atoms with E-state index in [1.807, 2.05) is 13.8 Å². The van der Waals surface area contributed by atoms with Crippen molar-refractivity contribution in [3.05, 3.63) is 47.7 Å². The van der Waals surface area contributed by atoms with Crippen LogP contribution in [0.2, 0.25) is 0 Å². The fourth-order valence-electron chi connectivity index (χ4n) is 5.91. The number of nitrogens with two attached hydrogens (primary N) is 1. The zero-order valence-corrected chi connectivity index (χ0v) is 26.6. The van der Waals surface area contributed by atoms with Gasteiger partial charge in [-0.25, -0.2) is 9.18 Å². The fraction of sp³-hybridized carbons (Fsp3) is 0.594. The van der Waals surface area contributed by atoms with Gasteiger partial charge in [-0.15, -0.1) is 0 Å². The number of amides is 3. The molecule has 1 aromatic carbocycles. The quantitative estimate of drug-likeness (QED) is 0.309. The van der Waals surface area contributed by atoms with Crippen LogP contribution in [0.25, 0.3) is 0 Å². The number of likely N-dealkylation sites (tertiary alicyclic amines) is 1. The van der Waals surface area contributed by atoms with Crippen LogP contribution in [-0.2, 0) is 20.7 Å². The van der Waals surface area contributed by atoms with E-state index in [2.05, 4.69) is 33.9 Å². The maximum Gasteiger partial charge on any atom is 0.412 e. The smallest absolute Gasteiger partial charge is 0.412 e. The number of nitrogens with zero attached hydrogens (tertiary/aromatic N) is 4. The second-order valence-electron chi connectivity index (χ2n) is 12.4. The zero-order valence-electron chi connectivity index (χ0n) is 26.6. The zero-order chi connectivity index (χ0) is 32.7. The van der Waals surface area contributed by atoms with Crippen LogP contribution in [0.4, 0.5) is 15.2 Å². The highest BCUT2D eigenvalue weighted by atomic mass is 19.1. The van der Waals surface area contributed by atoms with Gasteiger partial charge in [-0.05, 0) is 62.5 Å². The van der Waals surface area contributed by atoms with Gasteiger partial charge >= 0.3 is 12.1 Å². The van der Waals surface area contributed by atoms with Gasteiger partial charge in [-0.2, -0.15) is 4.98 Å². The molecule has 2 aliphatic heterocycles. The number of ether oxygens (including phenoxy) is 2. The number of benzene rings is 1. The molecule has 3 heterocycles. The Hall–Kier alpha value is -4.16. The van der Waals surface area contributed by atoms with Crippen LogP contribution in [-0.4, -0.2) is 71.3 Å². The highest BCUT2D eigenvalue weighted by Crippen LogP contribution is 2.30. The maximum absolute atomic E-state index is 15.2. The predicted octanol–water partition coefficient (Wildman–Crippen LogP) is 4.30. The Balaban J connectivity index is 1.30. The van der Waals surface area contributed by atoms with E-state index in [0.29, 0.717) is 49.6 Å². The molecule has 3 N–H and O–H groups in total. The molecule has 3 amide bonds. The number of carbonyl (C=O) groups excluding carboxylic acids is 3. The molecule has 0 aliphatic carbocycles. The third-order valence-electron chi connectivity index (χ3n) is 8.57. The Labute approximate surface area is 263 Å². The fourth-order valence-corrected chi connectivity index (χ4v) is 5.91. The maximum atomic E-state index is 15.2. The van der Waals surface area contributed by atoms with Crippen LogP contribution in [0.1, 0.15) is 77.1 Å². The lowest BCUT2D eigenvalue weighted by molar-refractivity contribution is -0.138. The van der Waals surface area contributed by atoms with E-state index in [0.717, 1.165) is 38.2 Å². The van der Waals surface area contributed by atoms with Gasteiger partial charge in [0.15, 0.2) is 5.82 Å². The number of piperidine rings is 1. The van der Waals surface area contributed by atoms with Crippen molar-refractivity contribution in [1.82, 2.24) is 20.4 Å². The van der Waals surface area contributed by atoms with Gasteiger partial charge in [0.2, 0.25) is 11.8 Å². The number of aromatic nitrogens is 2. The van der Waals surface area contributed by atoms with Crippen molar-refractivity contribution >= 4 is 23.9 Å². The summed E-state index contributed by atoms with van der Waals surface area (Å²) in [6.45, 7) is 13.7. The summed E-state index contributed by atoms with van der Waals surface area (Å²) in [4.78, 5) is 45.6. The average molecular weight is 629 g/mol. The number of allylic oxidation sites excluding steroid dienone is 1. The van der Waals surface area contributed by atoms with Crippen LogP contribution < -0.4 is 20.7 Å². The number of rotatable bonds is 13. The lowest BCUT2D eigenvalue weighted by Gasteiger charge is -2.33. The molecule has 2 saturated heterocycles. The van der Waals surface area contributed by atoms with Crippen molar-refractivity contribution in [2.75, 3.05) is 31.1 Å². The van der Waals surface area contributed by atoms with E-state index >= 15 is 4.39 Å². The Kier molecular flexibility index (Phi) is 11.4. The average Bonchev–Trinajstić information content (AvgIpc) is 3.68. The van der Waals surface area contributed by atoms with Crippen molar-refractivity contribution in [3.63, 3.8) is 0 Å². The predicted molar refractivity (Wildman–Crippen MR) is 165 cm³/mol. The Morgan fingerprint density at radius 1 is 1.18 bits per heavy atom. The van der Waals surface area contributed by atoms with E-state index in [-0.39, 0.29) is 23.7 Å². The second kappa shape index (κ2) is 15.2. The van der Waals surface area contributed by atoms with Gasteiger partial charge in [-0.3, -0.25) is 9.59 Å².